The van der Waals surface area contributed by atoms with Gasteiger partial charge in [-0.05, 0) is 19.9 Å². The van der Waals surface area contributed by atoms with E-state index in [0.717, 1.165) is 32.5 Å². The van der Waals surface area contributed by atoms with Crippen molar-refractivity contribution in [2.24, 2.45) is 0 Å². The van der Waals surface area contributed by atoms with E-state index in [2.05, 4.69) is 11.9 Å². The van der Waals surface area contributed by atoms with Crippen molar-refractivity contribution in [1.82, 2.24) is 4.90 Å². The SMILES string of the molecule is CN1CCOC(C2(O)CC2)C1. The lowest BCUT2D eigenvalue weighted by Gasteiger charge is -2.33. The van der Waals surface area contributed by atoms with Crippen LogP contribution < -0.4 is 0 Å². The third-order valence-corrected chi connectivity index (χ3v) is 2.63. The summed E-state index contributed by atoms with van der Waals surface area (Å²) in [6.45, 7) is 2.65. The van der Waals surface area contributed by atoms with E-state index in [1.807, 2.05) is 0 Å². The van der Waals surface area contributed by atoms with E-state index in [9.17, 15) is 5.11 Å². The molecule has 0 spiro atoms. The van der Waals surface area contributed by atoms with Crippen LogP contribution in [-0.4, -0.2) is 48.5 Å². The van der Waals surface area contributed by atoms with Gasteiger partial charge in [-0.2, -0.15) is 0 Å². The summed E-state index contributed by atoms with van der Waals surface area (Å²) in [4.78, 5) is 2.21. The van der Waals surface area contributed by atoms with Crippen LogP contribution in [0.15, 0.2) is 0 Å². The van der Waals surface area contributed by atoms with E-state index in [1.165, 1.54) is 0 Å². The van der Waals surface area contributed by atoms with Crippen LogP contribution in [0.5, 0.6) is 0 Å². The molecule has 1 heterocycles. The molecule has 1 N–H and O–H groups in total. The number of nitrogens with zero attached hydrogens (tertiary/aromatic N) is 1. The van der Waals surface area contributed by atoms with Gasteiger partial charge in [-0.3, -0.25) is 0 Å². The first kappa shape index (κ1) is 7.53. The lowest BCUT2D eigenvalue weighted by atomic mass is 10.1. The van der Waals surface area contributed by atoms with Gasteiger partial charge in [-0.15, -0.1) is 0 Å². The van der Waals surface area contributed by atoms with Gasteiger partial charge in [0.15, 0.2) is 0 Å². The Balaban J connectivity index is 1.93. The van der Waals surface area contributed by atoms with Crippen molar-refractivity contribution >= 4 is 0 Å². The van der Waals surface area contributed by atoms with Gasteiger partial charge in [0.2, 0.25) is 0 Å². The topological polar surface area (TPSA) is 32.7 Å². The maximum absolute atomic E-state index is 9.72. The Morgan fingerprint density at radius 1 is 1.55 bits per heavy atom. The Hall–Kier alpha value is -0.120. The summed E-state index contributed by atoms with van der Waals surface area (Å²) in [7, 11) is 2.07. The molecule has 0 radical (unpaired) electrons. The number of hydrogen-bond acceptors (Lipinski definition) is 3. The van der Waals surface area contributed by atoms with Gasteiger partial charge in [-0.25, -0.2) is 0 Å². The average molecular weight is 157 g/mol. The van der Waals surface area contributed by atoms with Crippen LogP contribution in [0, 0.1) is 0 Å². The maximum Gasteiger partial charge on any atom is 0.0988 e. The molecular formula is C8H15NO2. The molecule has 0 aromatic heterocycles. The first-order valence-electron chi connectivity index (χ1n) is 4.23. The second-order valence-electron chi connectivity index (χ2n) is 3.73. The first-order chi connectivity index (χ1) is 5.21. The zero-order valence-electron chi connectivity index (χ0n) is 6.92. The van der Waals surface area contributed by atoms with Gasteiger partial charge < -0.3 is 14.7 Å². The summed E-state index contributed by atoms with van der Waals surface area (Å²) in [5, 5.41) is 9.72. The highest BCUT2D eigenvalue weighted by molar-refractivity contribution is 5.02. The molecule has 3 heteroatoms. The van der Waals surface area contributed by atoms with Crippen LogP contribution in [0.25, 0.3) is 0 Å². The Morgan fingerprint density at radius 2 is 2.27 bits per heavy atom. The van der Waals surface area contributed by atoms with Gasteiger partial charge in [0.05, 0.1) is 18.3 Å². The minimum atomic E-state index is -0.464. The molecule has 3 nitrogen and oxygen atoms in total. The van der Waals surface area contributed by atoms with Crippen molar-refractivity contribution < 1.29 is 9.84 Å². The molecule has 2 fully saturated rings. The molecule has 0 bridgehead atoms. The third-order valence-electron chi connectivity index (χ3n) is 2.63. The molecule has 0 amide bonds. The van der Waals surface area contributed by atoms with E-state index in [-0.39, 0.29) is 6.10 Å². The molecule has 1 atom stereocenters. The molecule has 0 aromatic carbocycles. The summed E-state index contributed by atoms with van der Waals surface area (Å²) in [5.41, 5.74) is -0.464. The molecule has 2 rings (SSSR count). The monoisotopic (exact) mass is 157 g/mol. The van der Waals surface area contributed by atoms with Gasteiger partial charge in [0.1, 0.15) is 0 Å². The second-order valence-corrected chi connectivity index (χ2v) is 3.73. The highest BCUT2D eigenvalue weighted by Gasteiger charge is 2.49. The number of aliphatic hydroxyl groups is 1. The van der Waals surface area contributed by atoms with E-state index < -0.39 is 5.60 Å². The molecule has 11 heavy (non-hydrogen) atoms. The normalized spacial score (nSPS) is 37.1. The van der Waals surface area contributed by atoms with Crippen molar-refractivity contribution in [3.05, 3.63) is 0 Å². The van der Waals surface area contributed by atoms with Crippen LogP contribution in [0.3, 0.4) is 0 Å². The quantitative estimate of drug-likeness (QED) is 0.574. The average Bonchev–Trinajstić information content (AvgIpc) is 2.70. The van der Waals surface area contributed by atoms with Crippen LogP contribution >= 0.6 is 0 Å². The standard InChI is InChI=1S/C8H15NO2/c1-9-4-5-11-7(6-9)8(10)2-3-8/h7,10H,2-6H2,1H3. The van der Waals surface area contributed by atoms with Crippen molar-refractivity contribution in [3.63, 3.8) is 0 Å². The van der Waals surface area contributed by atoms with Gasteiger partial charge in [0, 0.05) is 13.1 Å². The van der Waals surface area contributed by atoms with Crippen LogP contribution in [0.1, 0.15) is 12.8 Å². The minimum absolute atomic E-state index is 0.0706. The Kier molecular flexibility index (Phi) is 1.67. The number of hydrogen-bond donors (Lipinski definition) is 1. The summed E-state index contributed by atoms with van der Waals surface area (Å²) in [6.07, 6.45) is 1.91. The zero-order chi connectivity index (χ0) is 7.90. The van der Waals surface area contributed by atoms with Crippen molar-refractivity contribution in [2.75, 3.05) is 26.7 Å². The molecule has 1 saturated carbocycles. The Bertz CT molecular complexity index is 156. The smallest absolute Gasteiger partial charge is 0.0988 e. The van der Waals surface area contributed by atoms with Gasteiger partial charge in [0.25, 0.3) is 0 Å². The van der Waals surface area contributed by atoms with Crippen LogP contribution in [0.4, 0.5) is 0 Å². The summed E-state index contributed by atoms with van der Waals surface area (Å²) >= 11 is 0. The van der Waals surface area contributed by atoms with Crippen molar-refractivity contribution in [3.8, 4) is 0 Å². The molecule has 1 unspecified atom stereocenters. The van der Waals surface area contributed by atoms with Gasteiger partial charge >= 0.3 is 0 Å². The highest BCUT2D eigenvalue weighted by atomic mass is 16.5. The predicted molar refractivity (Wildman–Crippen MR) is 41.4 cm³/mol. The lowest BCUT2D eigenvalue weighted by Crippen LogP contribution is -2.47. The Labute approximate surface area is 66.9 Å². The zero-order valence-corrected chi connectivity index (χ0v) is 6.92. The molecule has 1 aliphatic heterocycles. The molecule has 1 aliphatic carbocycles. The number of morpholine rings is 1. The highest BCUT2D eigenvalue weighted by Crippen LogP contribution is 2.40. The van der Waals surface area contributed by atoms with Crippen molar-refractivity contribution in [2.45, 2.75) is 24.5 Å². The van der Waals surface area contributed by atoms with Crippen LogP contribution in [0.2, 0.25) is 0 Å². The molecular weight excluding hydrogens is 142 g/mol. The molecule has 1 saturated heterocycles. The van der Waals surface area contributed by atoms with Crippen molar-refractivity contribution in [1.29, 1.82) is 0 Å². The molecule has 64 valence electrons. The summed E-state index contributed by atoms with van der Waals surface area (Å²) < 4.78 is 5.48. The first-order valence-corrected chi connectivity index (χ1v) is 4.23. The Morgan fingerprint density at radius 3 is 2.82 bits per heavy atom. The molecule has 0 aromatic rings. The second kappa shape index (κ2) is 2.44. The fraction of sp³-hybridized carbons (Fsp3) is 1.00. The lowest BCUT2D eigenvalue weighted by molar-refractivity contribution is -0.0948. The number of ether oxygens (including phenoxy) is 1. The largest absolute Gasteiger partial charge is 0.387 e. The van der Waals surface area contributed by atoms with E-state index in [4.69, 9.17) is 4.74 Å². The number of rotatable bonds is 1. The predicted octanol–water partition coefficient (Wildman–Crippen LogP) is -0.158. The van der Waals surface area contributed by atoms with E-state index in [0.29, 0.717) is 0 Å². The number of likely N-dealkylation sites (N-methyl/N-ethyl adjacent to an activating group) is 1. The fourth-order valence-corrected chi connectivity index (χ4v) is 1.55. The third kappa shape index (κ3) is 1.41. The van der Waals surface area contributed by atoms with Gasteiger partial charge in [-0.1, -0.05) is 0 Å². The minimum Gasteiger partial charge on any atom is -0.387 e. The fourth-order valence-electron chi connectivity index (χ4n) is 1.55. The van der Waals surface area contributed by atoms with Crippen LogP contribution in [-0.2, 0) is 4.74 Å². The van der Waals surface area contributed by atoms with E-state index >= 15 is 0 Å². The maximum atomic E-state index is 9.72. The summed E-state index contributed by atoms with van der Waals surface area (Å²) in [6, 6.07) is 0. The molecule has 2 aliphatic rings. The van der Waals surface area contributed by atoms with E-state index in [1.54, 1.807) is 0 Å². The summed E-state index contributed by atoms with van der Waals surface area (Å²) in [5.74, 6) is 0.